The monoisotopic (exact) mass is 460 g/mol. The number of halogens is 3. The second kappa shape index (κ2) is 9.18. The maximum absolute atomic E-state index is 13.7. The van der Waals surface area contributed by atoms with Crippen molar-refractivity contribution in [3.63, 3.8) is 0 Å². The number of aromatic nitrogens is 3. The van der Waals surface area contributed by atoms with Gasteiger partial charge in [0.05, 0.1) is 18.6 Å². The summed E-state index contributed by atoms with van der Waals surface area (Å²) >= 11 is 0. The molecule has 0 amide bonds. The lowest BCUT2D eigenvalue weighted by Gasteiger charge is -2.33. The van der Waals surface area contributed by atoms with Gasteiger partial charge >= 0.3 is 6.18 Å². The Morgan fingerprint density at radius 3 is 2.61 bits per heavy atom. The molecule has 3 aromatic rings. The molecular weight excluding hydrogens is 433 g/mol. The lowest BCUT2D eigenvalue weighted by Crippen LogP contribution is -2.48. The molecule has 2 aliphatic heterocycles. The molecule has 0 radical (unpaired) electrons. The molecule has 1 unspecified atom stereocenters. The molecule has 2 fully saturated rings. The maximum Gasteiger partial charge on any atom is 0.408 e. The molecule has 5 rings (SSSR count). The minimum Gasteiger partial charge on any atom is -0.378 e. The van der Waals surface area contributed by atoms with Gasteiger partial charge in [0.25, 0.3) is 0 Å². The van der Waals surface area contributed by atoms with E-state index in [2.05, 4.69) is 30.5 Å². The summed E-state index contributed by atoms with van der Waals surface area (Å²) in [6.07, 6.45) is -1.46. The van der Waals surface area contributed by atoms with E-state index in [4.69, 9.17) is 4.74 Å². The summed E-state index contributed by atoms with van der Waals surface area (Å²) < 4.78 is 46.6. The van der Waals surface area contributed by atoms with Gasteiger partial charge in [-0.25, -0.2) is 9.97 Å². The van der Waals surface area contributed by atoms with Crippen LogP contribution in [0.15, 0.2) is 36.7 Å². The molecule has 1 aromatic carbocycles. The predicted octanol–water partition coefficient (Wildman–Crippen LogP) is 3.80. The van der Waals surface area contributed by atoms with Gasteiger partial charge in [-0.1, -0.05) is 12.1 Å². The van der Waals surface area contributed by atoms with E-state index in [-0.39, 0.29) is 0 Å². The van der Waals surface area contributed by atoms with E-state index in [1.807, 2.05) is 18.2 Å². The second-order valence-electron chi connectivity index (χ2n) is 8.59. The Morgan fingerprint density at radius 2 is 1.91 bits per heavy atom. The highest BCUT2D eigenvalue weighted by molar-refractivity contribution is 5.92. The van der Waals surface area contributed by atoms with Crippen molar-refractivity contribution in [2.24, 2.45) is 5.92 Å². The fourth-order valence-electron chi connectivity index (χ4n) is 4.67. The SMILES string of the molecule is FC(F)(F)[C@H](Nc1ccc(-c2cc3c(N4CCOCC4)ncnc3[nH]2)cc1)C1CCCNC1. The van der Waals surface area contributed by atoms with Crippen LogP contribution in [-0.4, -0.2) is 66.6 Å². The van der Waals surface area contributed by atoms with Crippen LogP contribution >= 0.6 is 0 Å². The second-order valence-corrected chi connectivity index (χ2v) is 8.59. The zero-order valence-corrected chi connectivity index (χ0v) is 18.2. The van der Waals surface area contributed by atoms with Gasteiger partial charge in [0.2, 0.25) is 0 Å². The van der Waals surface area contributed by atoms with Gasteiger partial charge in [0.15, 0.2) is 0 Å². The molecule has 3 N–H and O–H groups in total. The average molecular weight is 461 g/mol. The summed E-state index contributed by atoms with van der Waals surface area (Å²) in [4.78, 5) is 14.3. The first kappa shape index (κ1) is 22.0. The van der Waals surface area contributed by atoms with Crippen LogP contribution in [-0.2, 0) is 4.74 Å². The number of aromatic amines is 1. The number of ether oxygens (including phenoxy) is 1. The summed E-state index contributed by atoms with van der Waals surface area (Å²) in [5, 5.41) is 6.72. The number of anilines is 2. The number of hydrogen-bond donors (Lipinski definition) is 3. The van der Waals surface area contributed by atoms with E-state index in [0.29, 0.717) is 31.9 Å². The number of piperidine rings is 1. The first-order chi connectivity index (χ1) is 16.0. The van der Waals surface area contributed by atoms with Gasteiger partial charge in [-0.05, 0) is 43.1 Å². The van der Waals surface area contributed by atoms with Crippen molar-refractivity contribution in [1.82, 2.24) is 20.3 Å². The lowest BCUT2D eigenvalue weighted by molar-refractivity contribution is -0.154. The van der Waals surface area contributed by atoms with Crippen molar-refractivity contribution in [3.8, 4) is 11.3 Å². The van der Waals surface area contributed by atoms with Crippen LogP contribution in [0.2, 0.25) is 0 Å². The van der Waals surface area contributed by atoms with E-state index in [9.17, 15) is 13.2 Å². The number of nitrogens with zero attached hydrogens (tertiary/aromatic N) is 3. The van der Waals surface area contributed by atoms with E-state index < -0.39 is 18.1 Å². The maximum atomic E-state index is 13.7. The number of alkyl halides is 3. The highest BCUT2D eigenvalue weighted by Crippen LogP contribution is 2.33. The molecule has 7 nitrogen and oxygen atoms in total. The standard InChI is InChI=1S/C23H27F3N6O/c24-23(25,26)20(16-2-1-7-27-13-16)30-17-5-3-15(4-6-17)19-12-18-21(31-19)28-14-29-22(18)32-8-10-33-11-9-32/h3-6,12,14,16,20,27,30H,1-2,7-11,13H2,(H,28,29,31)/t16?,20-/m1/s1. The quantitative estimate of drug-likeness (QED) is 0.538. The number of hydrogen-bond acceptors (Lipinski definition) is 6. The molecule has 2 saturated heterocycles. The Morgan fingerprint density at radius 1 is 1.12 bits per heavy atom. The number of nitrogens with one attached hydrogen (secondary N) is 3. The molecule has 176 valence electrons. The van der Waals surface area contributed by atoms with Gasteiger partial charge in [-0.2, -0.15) is 13.2 Å². The Hall–Kier alpha value is -2.85. The van der Waals surface area contributed by atoms with Crippen LogP contribution in [0.4, 0.5) is 24.7 Å². The molecular formula is C23H27F3N6O. The van der Waals surface area contributed by atoms with Gasteiger partial charge in [0.1, 0.15) is 23.8 Å². The highest BCUT2D eigenvalue weighted by atomic mass is 19.4. The fraction of sp³-hybridized carbons (Fsp3) is 0.478. The van der Waals surface area contributed by atoms with E-state index in [0.717, 1.165) is 54.2 Å². The smallest absolute Gasteiger partial charge is 0.378 e. The normalized spacial score (nSPS) is 20.7. The van der Waals surface area contributed by atoms with Crippen molar-refractivity contribution in [1.29, 1.82) is 0 Å². The Bertz CT molecular complexity index is 1070. The van der Waals surface area contributed by atoms with Crippen LogP contribution in [0.25, 0.3) is 22.3 Å². The Kier molecular flexibility index (Phi) is 6.11. The number of rotatable bonds is 5. The minimum atomic E-state index is -4.31. The highest BCUT2D eigenvalue weighted by Gasteiger charge is 2.44. The molecule has 0 aliphatic carbocycles. The van der Waals surface area contributed by atoms with Crippen molar-refractivity contribution < 1.29 is 17.9 Å². The average Bonchev–Trinajstić information content (AvgIpc) is 3.28. The first-order valence-corrected chi connectivity index (χ1v) is 11.3. The van der Waals surface area contributed by atoms with Crippen LogP contribution in [0.5, 0.6) is 0 Å². The minimum absolute atomic E-state index is 0.372. The zero-order chi connectivity index (χ0) is 22.8. The molecule has 0 spiro atoms. The topological polar surface area (TPSA) is 78.1 Å². The van der Waals surface area contributed by atoms with Gasteiger partial charge in [-0.3, -0.25) is 0 Å². The fourth-order valence-corrected chi connectivity index (χ4v) is 4.67. The van der Waals surface area contributed by atoms with Crippen molar-refractivity contribution in [2.75, 3.05) is 49.6 Å². The molecule has 0 saturated carbocycles. The summed E-state index contributed by atoms with van der Waals surface area (Å²) in [5.74, 6) is 0.377. The predicted molar refractivity (Wildman–Crippen MR) is 121 cm³/mol. The number of morpholine rings is 1. The van der Waals surface area contributed by atoms with Crippen LogP contribution in [0, 0.1) is 5.92 Å². The van der Waals surface area contributed by atoms with Gasteiger partial charge < -0.3 is 25.3 Å². The zero-order valence-electron chi connectivity index (χ0n) is 18.2. The third-order valence-electron chi connectivity index (χ3n) is 6.39. The van der Waals surface area contributed by atoms with Crippen molar-refractivity contribution in [2.45, 2.75) is 25.1 Å². The van der Waals surface area contributed by atoms with Crippen LogP contribution in [0.1, 0.15) is 12.8 Å². The molecule has 2 atom stereocenters. The van der Waals surface area contributed by atoms with Crippen molar-refractivity contribution in [3.05, 3.63) is 36.7 Å². The lowest BCUT2D eigenvalue weighted by atomic mass is 9.91. The molecule has 2 aliphatic rings. The number of benzene rings is 1. The number of fused-ring (bicyclic) bond motifs is 1. The van der Waals surface area contributed by atoms with Gasteiger partial charge in [0, 0.05) is 36.9 Å². The first-order valence-electron chi connectivity index (χ1n) is 11.3. The third-order valence-corrected chi connectivity index (χ3v) is 6.39. The van der Waals surface area contributed by atoms with Crippen LogP contribution < -0.4 is 15.5 Å². The molecule has 0 bridgehead atoms. The largest absolute Gasteiger partial charge is 0.408 e. The summed E-state index contributed by atoms with van der Waals surface area (Å²) in [6, 6.07) is 7.46. The van der Waals surface area contributed by atoms with E-state index in [1.165, 1.54) is 6.33 Å². The third kappa shape index (κ3) is 4.77. The van der Waals surface area contributed by atoms with Crippen LogP contribution in [0.3, 0.4) is 0 Å². The molecule has 33 heavy (non-hydrogen) atoms. The molecule has 2 aromatic heterocycles. The van der Waals surface area contributed by atoms with Crippen molar-refractivity contribution >= 4 is 22.5 Å². The summed E-state index contributed by atoms with van der Waals surface area (Å²) in [6.45, 7) is 4.00. The summed E-state index contributed by atoms with van der Waals surface area (Å²) in [5.41, 5.74) is 2.90. The molecule has 10 heteroatoms. The molecule has 4 heterocycles. The van der Waals surface area contributed by atoms with E-state index in [1.54, 1.807) is 12.1 Å². The Balaban J connectivity index is 1.36. The Labute approximate surface area is 189 Å². The number of H-pyrrole nitrogens is 1. The summed E-state index contributed by atoms with van der Waals surface area (Å²) in [7, 11) is 0. The van der Waals surface area contributed by atoms with E-state index >= 15 is 0 Å². The van der Waals surface area contributed by atoms with Gasteiger partial charge in [-0.15, -0.1) is 0 Å².